The normalized spacial score (nSPS) is 16.2. The topological polar surface area (TPSA) is 97.7 Å². The first-order chi connectivity index (χ1) is 14.5. The van der Waals surface area contributed by atoms with Crippen molar-refractivity contribution >= 4 is 40.3 Å². The summed E-state index contributed by atoms with van der Waals surface area (Å²) in [4.78, 5) is 27.5. The highest BCUT2D eigenvalue weighted by molar-refractivity contribution is 8.18. The minimum atomic E-state index is -0.449. The Balaban J connectivity index is 1.50. The van der Waals surface area contributed by atoms with E-state index in [1.165, 1.54) is 29.5 Å². The summed E-state index contributed by atoms with van der Waals surface area (Å²) in [5, 5.41) is 14.0. The van der Waals surface area contributed by atoms with E-state index in [-0.39, 0.29) is 11.6 Å². The number of benzene rings is 2. The van der Waals surface area contributed by atoms with Gasteiger partial charge in [0.1, 0.15) is 11.5 Å². The first kappa shape index (κ1) is 19.7. The molecule has 4 rings (SSSR count). The number of aryl methyl sites for hydroxylation is 1. The van der Waals surface area contributed by atoms with Crippen molar-refractivity contribution in [2.75, 3.05) is 0 Å². The smallest absolute Gasteiger partial charge is 0.269 e. The van der Waals surface area contributed by atoms with Gasteiger partial charge in [-0.25, -0.2) is 4.99 Å². The molecule has 0 spiro atoms. The molecule has 1 N–H and O–H groups in total. The highest BCUT2D eigenvalue weighted by Gasteiger charge is 2.24. The van der Waals surface area contributed by atoms with Crippen LogP contribution in [0.1, 0.15) is 18.2 Å². The van der Waals surface area contributed by atoms with Gasteiger partial charge in [0.2, 0.25) is 0 Å². The highest BCUT2D eigenvalue weighted by atomic mass is 32.2. The van der Waals surface area contributed by atoms with Gasteiger partial charge in [0.15, 0.2) is 5.17 Å². The Morgan fingerprint density at radius 1 is 1.10 bits per heavy atom. The molecule has 7 nitrogen and oxygen atoms in total. The predicted molar refractivity (Wildman–Crippen MR) is 117 cm³/mol. The molecule has 0 radical (unpaired) electrons. The average molecular weight is 419 g/mol. The molecule has 2 heterocycles. The van der Waals surface area contributed by atoms with Gasteiger partial charge in [-0.2, -0.15) is 0 Å². The molecule has 1 saturated heterocycles. The SMILES string of the molecule is CCc1ccc(N=C2NC(=O)/C(=C\c3ccc(-c4ccc([N+](=O)[O-])cc4)o3)S2)cc1. The second-order valence-electron chi connectivity index (χ2n) is 6.51. The van der Waals surface area contributed by atoms with Crippen LogP contribution >= 0.6 is 11.8 Å². The molecule has 0 unspecified atom stereocenters. The zero-order valence-corrected chi connectivity index (χ0v) is 16.8. The number of amidine groups is 1. The Morgan fingerprint density at radius 3 is 2.50 bits per heavy atom. The fourth-order valence-electron chi connectivity index (χ4n) is 2.87. The minimum absolute atomic E-state index is 0.0165. The number of carbonyl (C=O) groups is 1. The molecule has 1 amide bonds. The van der Waals surface area contributed by atoms with Crippen molar-refractivity contribution in [3.63, 3.8) is 0 Å². The monoisotopic (exact) mass is 419 g/mol. The van der Waals surface area contributed by atoms with Crippen molar-refractivity contribution in [1.29, 1.82) is 0 Å². The number of non-ortho nitro benzene ring substituents is 1. The van der Waals surface area contributed by atoms with Crippen molar-refractivity contribution < 1.29 is 14.1 Å². The van der Waals surface area contributed by atoms with Gasteiger partial charge >= 0.3 is 0 Å². The Labute approximate surface area is 176 Å². The number of nitrogens with one attached hydrogen (secondary N) is 1. The first-order valence-electron chi connectivity index (χ1n) is 9.25. The van der Waals surface area contributed by atoms with Crippen molar-refractivity contribution in [1.82, 2.24) is 5.32 Å². The largest absolute Gasteiger partial charge is 0.457 e. The van der Waals surface area contributed by atoms with Crippen molar-refractivity contribution in [2.45, 2.75) is 13.3 Å². The predicted octanol–water partition coefficient (Wildman–Crippen LogP) is 5.31. The minimum Gasteiger partial charge on any atom is -0.457 e. The van der Waals surface area contributed by atoms with E-state index in [4.69, 9.17) is 4.42 Å². The number of amides is 1. The number of thioether (sulfide) groups is 1. The third-order valence-electron chi connectivity index (χ3n) is 4.49. The van der Waals surface area contributed by atoms with Crippen LogP contribution in [-0.2, 0) is 11.2 Å². The van der Waals surface area contributed by atoms with Gasteiger partial charge in [0.05, 0.1) is 15.5 Å². The number of nitro benzene ring substituents is 1. The average Bonchev–Trinajstić information content (AvgIpc) is 3.35. The van der Waals surface area contributed by atoms with Crippen LogP contribution in [0.25, 0.3) is 17.4 Å². The summed E-state index contributed by atoms with van der Waals surface area (Å²) >= 11 is 1.24. The second kappa shape index (κ2) is 8.38. The number of nitrogens with zero attached hydrogens (tertiary/aromatic N) is 2. The molecule has 1 aromatic heterocycles. The van der Waals surface area contributed by atoms with Crippen LogP contribution in [0, 0.1) is 10.1 Å². The van der Waals surface area contributed by atoms with Crippen molar-refractivity contribution in [3.8, 4) is 11.3 Å². The van der Waals surface area contributed by atoms with E-state index in [1.807, 2.05) is 24.3 Å². The van der Waals surface area contributed by atoms with Crippen molar-refractivity contribution in [3.05, 3.63) is 87.0 Å². The Kier molecular flexibility index (Phi) is 5.49. The molecule has 2 aromatic carbocycles. The van der Waals surface area contributed by atoms with Crippen LogP contribution in [0.3, 0.4) is 0 Å². The van der Waals surface area contributed by atoms with Crippen LogP contribution in [0.4, 0.5) is 11.4 Å². The van der Waals surface area contributed by atoms with Gasteiger partial charge in [0, 0.05) is 23.8 Å². The Bertz CT molecular complexity index is 1160. The van der Waals surface area contributed by atoms with E-state index in [0.717, 1.165) is 12.1 Å². The maximum absolute atomic E-state index is 12.3. The quantitative estimate of drug-likeness (QED) is 0.343. The maximum Gasteiger partial charge on any atom is 0.269 e. The number of carbonyl (C=O) groups excluding carboxylic acids is 1. The summed E-state index contributed by atoms with van der Waals surface area (Å²) < 4.78 is 5.78. The van der Waals surface area contributed by atoms with Crippen LogP contribution in [0.15, 0.2) is 75.0 Å². The summed E-state index contributed by atoms with van der Waals surface area (Å²) in [7, 11) is 0. The van der Waals surface area contributed by atoms with E-state index < -0.39 is 4.92 Å². The molecule has 1 aliphatic rings. The molecule has 0 saturated carbocycles. The number of rotatable bonds is 5. The first-order valence-corrected chi connectivity index (χ1v) is 10.1. The van der Waals surface area contributed by atoms with Gasteiger partial charge in [-0.1, -0.05) is 19.1 Å². The third-order valence-corrected chi connectivity index (χ3v) is 5.40. The third kappa shape index (κ3) is 4.33. The fourth-order valence-corrected chi connectivity index (χ4v) is 3.69. The Morgan fingerprint density at radius 2 is 1.83 bits per heavy atom. The van der Waals surface area contributed by atoms with Gasteiger partial charge in [-0.05, 0) is 60.1 Å². The second-order valence-corrected chi connectivity index (χ2v) is 7.54. The molecule has 30 heavy (non-hydrogen) atoms. The van der Waals surface area contributed by atoms with E-state index in [0.29, 0.717) is 27.2 Å². The van der Waals surface area contributed by atoms with Gasteiger partial charge in [0.25, 0.3) is 11.6 Å². The number of aliphatic imine (C=N–C) groups is 1. The summed E-state index contributed by atoms with van der Waals surface area (Å²) in [6.07, 6.45) is 2.61. The van der Waals surface area contributed by atoms with E-state index in [9.17, 15) is 14.9 Å². The van der Waals surface area contributed by atoms with E-state index in [2.05, 4.69) is 17.2 Å². The lowest BCUT2D eigenvalue weighted by Gasteiger charge is -1.98. The van der Waals surface area contributed by atoms with Crippen molar-refractivity contribution in [2.24, 2.45) is 4.99 Å². The summed E-state index contributed by atoms with van der Waals surface area (Å²) in [6, 6.07) is 17.5. The van der Waals surface area contributed by atoms with Crippen LogP contribution in [0.2, 0.25) is 0 Å². The lowest BCUT2D eigenvalue weighted by Crippen LogP contribution is -2.19. The lowest BCUT2D eigenvalue weighted by atomic mass is 10.1. The summed E-state index contributed by atoms with van der Waals surface area (Å²) in [5.41, 5.74) is 2.73. The maximum atomic E-state index is 12.3. The number of furan rings is 1. The van der Waals surface area contributed by atoms with Crippen LogP contribution in [0.5, 0.6) is 0 Å². The zero-order valence-electron chi connectivity index (χ0n) is 16.0. The number of hydrogen-bond acceptors (Lipinski definition) is 6. The lowest BCUT2D eigenvalue weighted by molar-refractivity contribution is -0.384. The summed E-state index contributed by atoms with van der Waals surface area (Å²) in [5.74, 6) is 0.830. The van der Waals surface area contributed by atoms with Crippen LogP contribution < -0.4 is 5.32 Å². The zero-order chi connectivity index (χ0) is 21.1. The number of hydrogen-bond donors (Lipinski definition) is 1. The molecule has 0 aliphatic carbocycles. The van der Waals surface area contributed by atoms with Crippen LogP contribution in [-0.4, -0.2) is 16.0 Å². The fraction of sp³-hybridized carbons (Fsp3) is 0.0909. The molecule has 3 aromatic rings. The molecule has 0 atom stereocenters. The molecule has 150 valence electrons. The molecular weight excluding hydrogens is 402 g/mol. The summed E-state index contributed by atoms with van der Waals surface area (Å²) in [6.45, 7) is 2.09. The van der Waals surface area contributed by atoms with Gasteiger partial charge < -0.3 is 9.73 Å². The molecule has 8 heteroatoms. The van der Waals surface area contributed by atoms with E-state index >= 15 is 0 Å². The molecule has 1 fully saturated rings. The highest BCUT2D eigenvalue weighted by Crippen LogP contribution is 2.30. The Hall–Kier alpha value is -3.65. The standard InChI is InChI=1S/C22H17N3O4S/c1-2-14-3-7-16(8-4-14)23-22-24-21(26)20(30-22)13-18-11-12-19(29-18)15-5-9-17(10-6-15)25(27)28/h3-13H,2H2,1H3,(H,23,24,26)/b20-13+. The van der Waals surface area contributed by atoms with E-state index in [1.54, 1.807) is 30.3 Å². The molecule has 1 aliphatic heterocycles. The number of nitro groups is 1. The molecule has 0 bridgehead atoms. The molecular formula is C22H17N3O4S. The van der Waals surface area contributed by atoms with Gasteiger partial charge in [-0.3, -0.25) is 14.9 Å². The van der Waals surface area contributed by atoms with Gasteiger partial charge in [-0.15, -0.1) is 0 Å².